The molecule has 0 atom stereocenters. The van der Waals surface area contributed by atoms with Crippen molar-refractivity contribution in [1.82, 2.24) is 14.8 Å². The summed E-state index contributed by atoms with van der Waals surface area (Å²) in [5.74, 6) is -1.75. The van der Waals surface area contributed by atoms with Gasteiger partial charge >= 0.3 is 0 Å². The third kappa shape index (κ3) is 2.83. The summed E-state index contributed by atoms with van der Waals surface area (Å²) in [6.45, 7) is 0. The lowest BCUT2D eigenvalue weighted by atomic mass is 10.2. The molecule has 1 aromatic carbocycles. The van der Waals surface area contributed by atoms with Gasteiger partial charge in [0.25, 0.3) is 5.91 Å². The van der Waals surface area contributed by atoms with E-state index in [1.807, 2.05) is 0 Å². The van der Waals surface area contributed by atoms with E-state index in [0.717, 1.165) is 12.1 Å². The van der Waals surface area contributed by atoms with Crippen molar-refractivity contribution < 1.29 is 13.6 Å². The van der Waals surface area contributed by atoms with Crippen LogP contribution >= 0.6 is 0 Å². The predicted octanol–water partition coefficient (Wildman–Crippen LogP) is 2.80. The fourth-order valence-electron chi connectivity index (χ4n) is 1.87. The van der Waals surface area contributed by atoms with Gasteiger partial charge in [-0.3, -0.25) is 4.79 Å². The Labute approximate surface area is 124 Å². The molecule has 0 spiro atoms. The number of benzene rings is 1. The zero-order valence-electron chi connectivity index (χ0n) is 11.2. The fraction of sp³-hybridized carbons (Fsp3) is 0. The number of halogens is 2. The summed E-state index contributed by atoms with van der Waals surface area (Å²) >= 11 is 0. The van der Waals surface area contributed by atoms with Crippen LogP contribution in [-0.4, -0.2) is 20.7 Å². The van der Waals surface area contributed by atoms with Crippen LogP contribution in [0, 0.1) is 11.6 Å². The van der Waals surface area contributed by atoms with Gasteiger partial charge in [0.05, 0.1) is 17.4 Å². The van der Waals surface area contributed by atoms with Crippen LogP contribution in [0.15, 0.2) is 55.0 Å². The van der Waals surface area contributed by atoms with Crippen molar-refractivity contribution in [3.63, 3.8) is 0 Å². The maximum Gasteiger partial charge on any atom is 0.258 e. The molecule has 1 N–H and O–H groups in total. The molecule has 0 radical (unpaired) electrons. The van der Waals surface area contributed by atoms with E-state index in [0.29, 0.717) is 17.6 Å². The van der Waals surface area contributed by atoms with E-state index in [4.69, 9.17) is 0 Å². The SMILES string of the molecule is O=C(Nc1ccc(-n2cccn2)nc1)c1ccc(F)cc1F. The van der Waals surface area contributed by atoms with Crippen LogP contribution in [-0.2, 0) is 0 Å². The number of carbonyl (C=O) groups is 1. The minimum absolute atomic E-state index is 0.238. The van der Waals surface area contributed by atoms with Gasteiger partial charge in [0.15, 0.2) is 5.82 Å². The summed E-state index contributed by atoms with van der Waals surface area (Å²) in [4.78, 5) is 16.1. The molecule has 5 nitrogen and oxygen atoms in total. The smallest absolute Gasteiger partial charge is 0.258 e. The highest BCUT2D eigenvalue weighted by Gasteiger charge is 2.12. The molecule has 2 heterocycles. The van der Waals surface area contributed by atoms with Gasteiger partial charge in [-0.25, -0.2) is 18.4 Å². The van der Waals surface area contributed by atoms with E-state index < -0.39 is 17.5 Å². The molecule has 0 bridgehead atoms. The molecule has 2 aromatic heterocycles. The van der Waals surface area contributed by atoms with Gasteiger partial charge < -0.3 is 5.32 Å². The first-order valence-corrected chi connectivity index (χ1v) is 6.36. The number of hydrogen-bond acceptors (Lipinski definition) is 3. The van der Waals surface area contributed by atoms with E-state index in [2.05, 4.69) is 15.4 Å². The number of amides is 1. The number of aromatic nitrogens is 3. The molecule has 0 saturated heterocycles. The zero-order valence-corrected chi connectivity index (χ0v) is 11.2. The van der Waals surface area contributed by atoms with Crippen LogP contribution in [0.2, 0.25) is 0 Å². The summed E-state index contributed by atoms with van der Waals surface area (Å²) in [6.07, 6.45) is 4.78. The third-order valence-corrected chi connectivity index (χ3v) is 2.92. The van der Waals surface area contributed by atoms with Crippen molar-refractivity contribution in [1.29, 1.82) is 0 Å². The van der Waals surface area contributed by atoms with E-state index >= 15 is 0 Å². The van der Waals surface area contributed by atoms with Crippen molar-refractivity contribution in [2.75, 3.05) is 5.32 Å². The van der Waals surface area contributed by atoms with Gasteiger partial charge in [-0.05, 0) is 30.3 Å². The maximum absolute atomic E-state index is 13.5. The highest BCUT2D eigenvalue weighted by atomic mass is 19.1. The quantitative estimate of drug-likeness (QED) is 0.809. The summed E-state index contributed by atoms with van der Waals surface area (Å²) in [5.41, 5.74) is 0.155. The van der Waals surface area contributed by atoms with Crippen molar-refractivity contribution in [3.8, 4) is 5.82 Å². The first-order valence-electron chi connectivity index (χ1n) is 6.36. The third-order valence-electron chi connectivity index (χ3n) is 2.92. The number of carbonyl (C=O) groups excluding carboxylic acids is 1. The lowest BCUT2D eigenvalue weighted by Gasteiger charge is -2.07. The maximum atomic E-state index is 13.5. The molecular weight excluding hydrogens is 290 g/mol. The molecule has 110 valence electrons. The Morgan fingerprint density at radius 2 is 2.05 bits per heavy atom. The Balaban J connectivity index is 1.77. The zero-order chi connectivity index (χ0) is 15.5. The van der Waals surface area contributed by atoms with Gasteiger partial charge in [-0.2, -0.15) is 5.10 Å². The lowest BCUT2D eigenvalue weighted by molar-refractivity contribution is 0.102. The molecule has 0 aliphatic carbocycles. The average Bonchev–Trinajstić information content (AvgIpc) is 3.02. The molecule has 0 unspecified atom stereocenters. The summed E-state index contributed by atoms with van der Waals surface area (Å²) in [7, 11) is 0. The topological polar surface area (TPSA) is 59.8 Å². The van der Waals surface area contributed by atoms with E-state index in [1.54, 1.807) is 35.3 Å². The Morgan fingerprint density at radius 3 is 2.68 bits per heavy atom. The predicted molar refractivity (Wildman–Crippen MR) is 75.7 cm³/mol. The Kier molecular flexibility index (Phi) is 3.61. The number of nitrogens with one attached hydrogen (secondary N) is 1. The minimum atomic E-state index is -0.918. The molecule has 3 aromatic rings. The lowest BCUT2D eigenvalue weighted by Crippen LogP contribution is -2.14. The van der Waals surface area contributed by atoms with Gasteiger partial charge in [0.2, 0.25) is 0 Å². The number of anilines is 1. The molecule has 22 heavy (non-hydrogen) atoms. The fourth-order valence-corrected chi connectivity index (χ4v) is 1.87. The van der Waals surface area contributed by atoms with E-state index in [9.17, 15) is 13.6 Å². The highest BCUT2D eigenvalue weighted by molar-refractivity contribution is 6.04. The van der Waals surface area contributed by atoms with Crippen LogP contribution < -0.4 is 5.32 Å². The summed E-state index contributed by atoms with van der Waals surface area (Å²) in [5, 5.41) is 6.52. The molecule has 0 aliphatic rings. The van der Waals surface area contributed by atoms with Gasteiger partial charge in [0.1, 0.15) is 11.6 Å². The normalized spacial score (nSPS) is 10.5. The molecule has 0 fully saturated rings. The van der Waals surface area contributed by atoms with Crippen molar-refractivity contribution in [2.24, 2.45) is 0 Å². The van der Waals surface area contributed by atoms with E-state index in [-0.39, 0.29) is 5.56 Å². The summed E-state index contributed by atoms with van der Waals surface area (Å²) < 4.78 is 27.9. The second-order valence-electron chi connectivity index (χ2n) is 4.43. The first-order chi connectivity index (χ1) is 10.6. The van der Waals surface area contributed by atoms with Crippen LogP contribution in [0.25, 0.3) is 5.82 Å². The average molecular weight is 300 g/mol. The van der Waals surface area contributed by atoms with Crippen LogP contribution in [0.4, 0.5) is 14.5 Å². The molecule has 7 heteroatoms. The Bertz CT molecular complexity index is 801. The second kappa shape index (κ2) is 5.72. The van der Waals surface area contributed by atoms with Crippen LogP contribution in [0.1, 0.15) is 10.4 Å². The molecular formula is C15H10F2N4O. The van der Waals surface area contributed by atoms with Crippen molar-refractivity contribution in [3.05, 3.63) is 72.2 Å². The first kappa shape index (κ1) is 13.9. The molecule has 3 rings (SSSR count). The summed E-state index contributed by atoms with van der Waals surface area (Å²) in [6, 6.07) is 7.80. The number of hydrogen-bond donors (Lipinski definition) is 1. The largest absolute Gasteiger partial charge is 0.320 e. The van der Waals surface area contributed by atoms with Crippen molar-refractivity contribution >= 4 is 11.6 Å². The second-order valence-corrected chi connectivity index (χ2v) is 4.43. The van der Waals surface area contributed by atoms with Crippen molar-refractivity contribution in [2.45, 2.75) is 0 Å². The monoisotopic (exact) mass is 300 g/mol. The minimum Gasteiger partial charge on any atom is -0.320 e. The number of nitrogens with zero attached hydrogens (tertiary/aromatic N) is 3. The number of rotatable bonds is 3. The molecule has 0 saturated carbocycles. The van der Waals surface area contributed by atoms with Gasteiger partial charge in [-0.15, -0.1) is 0 Å². The van der Waals surface area contributed by atoms with Crippen LogP contribution in [0.5, 0.6) is 0 Å². The molecule has 1 amide bonds. The Morgan fingerprint density at radius 1 is 1.18 bits per heavy atom. The Hall–Kier alpha value is -3.09. The standard InChI is InChI=1S/C15H10F2N4O/c16-10-2-4-12(13(17)8-10)15(22)20-11-3-5-14(18-9-11)21-7-1-6-19-21/h1-9H,(H,20,22). The molecule has 0 aliphatic heterocycles. The van der Waals surface area contributed by atoms with Gasteiger partial charge in [0, 0.05) is 18.5 Å². The highest BCUT2D eigenvalue weighted by Crippen LogP contribution is 2.14. The number of pyridine rings is 1. The van der Waals surface area contributed by atoms with Crippen LogP contribution in [0.3, 0.4) is 0 Å². The van der Waals surface area contributed by atoms with Gasteiger partial charge in [-0.1, -0.05) is 0 Å². The van der Waals surface area contributed by atoms with E-state index in [1.165, 1.54) is 6.20 Å².